The number of halogens is 3. The first-order valence-electron chi connectivity index (χ1n) is 3.30. The van der Waals surface area contributed by atoms with Crippen LogP contribution in [0.15, 0.2) is 27.3 Å². The van der Waals surface area contributed by atoms with Gasteiger partial charge in [-0.05, 0) is 66.6 Å². The molecule has 1 aromatic carbocycles. The SMILES string of the molecule is Brc1cc2[nH]cc(I)c2cc1Br. The minimum atomic E-state index is 1.08. The molecule has 1 aromatic heterocycles. The Morgan fingerprint density at radius 1 is 1.17 bits per heavy atom. The number of H-pyrrole nitrogens is 1. The summed E-state index contributed by atoms with van der Waals surface area (Å²) in [6, 6.07) is 4.18. The van der Waals surface area contributed by atoms with E-state index < -0.39 is 0 Å². The molecular weight excluding hydrogens is 397 g/mol. The zero-order chi connectivity index (χ0) is 8.72. The van der Waals surface area contributed by atoms with Crippen LogP contribution < -0.4 is 0 Å². The van der Waals surface area contributed by atoms with Crippen LogP contribution in [0, 0.1) is 3.57 Å². The summed E-state index contributed by atoms with van der Waals surface area (Å²) in [7, 11) is 0. The van der Waals surface area contributed by atoms with Crippen molar-refractivity contribution in [3.05, 3.63) is 30.8 Å². The van der Waals surface area contributed by atoms with Crippen molar-refractivity contribution in [1.29, 1.82) is 0 Å². The van der Waals surface area contributed by atoms with E-state index in [4.69, 9.17) is 0 Å². The number of hydrogen-bond acceptors (Lipinski definition) is 0. The molecular formula is C8H4Br2IN. The highest BCUT2D eigenvalue weighted by molar-refractivity contribution is 14.1. The molecule has 1 nitrogen and oxygen atoms in total. The van der Waals surface area contributed by atoms with Crippen LogP contribution in [0.4, 0.5) is 0 Å². The first-order valence-corrected chi connectivity index (χ1v) is 5.96. The average Bonchev–Trinajstić information content (AvgIpc) is 2.35. The van der Waals surface area contributed by atoms with Gasteiger partial charge in [-0.15, -0.1) is 0 Å². The first kappa shape index (κ1) is 9.02. The van der Waals surface area contributed by atoms with Gasteiger partial charge < -0.3 is 4.98 Å². The fourth-order valence-electron chi connectivity index (χ4n) is 1.08. The van der Waals surface area contributed by atoms with Crippen LogP contribution in [-0.4, -0.2) is 4.98 Å². The van der Waals surface area contributed by atoms with E-state index in [2.05, 4.69) is 71.6 Å². The lowest BCUT2D eigenvalue weighted by Crippen LogP contribution is -1.72. The summed E-state index contributed by atoms with van der Waals surface area (Å²) in [5.41, 5.74) is 1.16. The van der Waals surface area contributed by atoms with Crippen LogP contribution in [0.5, 0.6) is 0 Å². The maximum atomic E-state index is 3.47. The lowest BCUT2D eigenvalue weighted by molar-refractivity contribution is 1.46. The predicted octanol–water partition coefficient (Wildman–Crippen LogP) is 4.30. The molecule has 2 aromatic rings. The molecule has 0 fully saturated rings. The molecule has 12 heavy (non-hydrogen) atoms. The summed E-state index contributed by atoms with van der Waals surface area (Å²) >= 11 is 9.24. The highest BCUT2D eigenvalue weighted by Gasteiger charge is 2.03. The monoisotopic (exact) mass is 399 g/mol. The highest BCUT2D eigenvalue weighted by Crippen LogP contribution is 2.30. The standard InChI is InChI=1S/C8H4Br2IN/c9-5-1-4-7(11)3-12-8(4)2-6(5)10/h1-3,12H. The minimum absolute atomic E-state index is 1.08. The minimum Gasteiger partial charge on any atom is -0.360 e. The summed E-state index contributed by atoms with van der Waals surface area (Å²) < 4.78 is 3.41. The number of benzene rings is 1. The Morgan fingerprint density at radius 3 is 2.58 bits per heavy atom. The highest BCUT2D eigenvalue weighted by atomic mass is 127. The molecule has 0 amide bonds. The maximum Gasteiger partial charge on any atom is 0.0477 e. The summed E-state index contributed by atoms with van der Waals surface area (Å²) in [6.45, 7) is 0. The Morgan fingerprint density at radius 2 is 1.83 bits per heavy atom. The molecule has 1 heterocycles. The van der Waals surface area contributed by atoms with Gasteiger partial charge in [0, 0.05) is 29.6 Å². The van der Waals surface area contributed by atoms with E-state index in [1.165, 1.54) is 8.96 Å². The summed E-state index contributed by atoms with van der Waals surface area (Å²) in [5.74, 6) is 0. The fraction of sp³-hybridized carbons (Fsp3) is 0. The van der Waals surface area contributed by atoms with E-state index in [0.29, 0.717) is 0 Å². The third-order valence-electron chi connectivity index (χ3n) is 1.67. The van der Waals surface area contributed by atoms with E-state index in [1.54, 1.807) is 0 Å². The van der Waals surface area contributed by atoms with Crippen molar-refractivity contribution >= 4 is 65.4 Å². The Labute approximate surface area is 100 Å². The van der Waals surface area contributed by atoms with E-state index in [-0.39, 0.29) is 0 Å². The van der Waals surface area contributed by atoms with Gasteiger partial charge in [-0.1, -0.05) is 0 Å². The Balaban J connectivity index is 2.87. The van der Waals surface area contributed by atoms with E-state index in [0.717, 1.165) is 14.5 Å². The topological polar surface area (TPSA) is 15.8 Å². The number of hydrogen-bond donors (Lipinski definition) is 1. The Bertz CT molecular complexity index is 436. The normalized spacial score (nSPS) is 10.9. The molecule has 0 spiro atoms. The van der Waals surface area contributed by atoms with Gasteiger partial charge in [0.15, 0.2) is 0 Å². The predicted molar refractivity (Wildman–Crippen MR) is 66.4 cm³/mol. The second kappa shape index (κ2) is 3.31. The van der Waals surface area contributed by atoms with Gasteiger partial charge in [0.2, 0.25) is 0 Å². The number of rotatable bonds is 0. The van der Waals surface area contributed by atoms with E-state index >= 15 is 0 Å². The van der Waals surface area contributed by atoms with Crippen LogP contribution in [0.2, 0.25) is 0 Å². The van der Waals surface area contributed by atoms with E-state index in [9.17, 15) is 0 Å². The second-order valence-corrected chi connectivity index (χ2v) is 5.32. The lowest BCUT2D eigenvalue weighted by Gasteiger charge is -1.96. The van der Waals surface area contributed by atoms with Gasteiger partial charge in [0.25, 0.3) is 0 Å². The van der Waals surface area contributed by atoms with E-state index in [1.807, 2.05) is 6.20 Å². The molecule has 0 aliphatic carbocycles. The lowest BCUT2D eigenvalue weighted by atomic mass is 10.2. The molecule has 0 bridgehead atoms. The van der Waals surface area contributed by atoms with Crippen LogP contribution in [0.25, 0.3) is 10.9 Å². The zero-order valence-electron chi connectivity index (χ0n) is 5.87. The smallest absolute Gasteiger partial charge is 0.0477 e. The molecule has 0 saturated heterocycles. The fourth-order valence-corrected chi connectivity index (χ4v) is 2.37. The van der Waals surface area contributed by atoms with Crippen LogP contribution in [0.1, 0.15) is 0 Å². The number of aromatic amines is 1. The number of nitrogens with one attached hydrogen (secondary N) is 1. The van der Waals surface area contributed by atoms with Gasteiger partial charge in [-0.3, -0.25) is 0 Å². The molecule has 1 N–H and O–H groups in total. The molecule has 0 unspecified atom stereocenters. The molecule has 0 radical (unpaired) electrons. The molecule has 0 saturated carbocycles. The van der Waals surface area contributed by atoms with Crippen molar-refractivity contribution in [2.24, 2.45) is 0 Å². The van der Waals surface area contributed by atoms with Crippen molar-refractivity contribution in [3.63, 3.8) is 0 Å². The Hall–Kier alpha value is 0.450. The van der Waals surface area contributed by atoms with Crippen LogP contribution in [-0.2, 0) is 0 Å². The third-order valence-corrected chi connectivity index (χ3v) is 4.41. The average molecular weight is 401 g/mol. The molecule has 2 rings (SSSR count). The van der Waals surface area contributed by atoms with Crippen molar-refractivity contribution in [2.75, 3.05) is 0 Å². The van der Waals surface area contributed by atoms with Gasteiger partial charge >= 0.3 is 0 Å². The van der Waals surface area contributed by atoms with Crippen molar-refractivity contribution in [2.45, 2.75) is 0 Å². The van der Waals surface area contributed by atoms with Gasteiger partial charge in [-0.25, -0.2) is 0 Å². The van der Waals surface area contributed by atoms with Crippen molar-refractivity contribution in [3.8, 4) is 0 Å². The maximum absolute atomic E-state index is 3.47. The molecule has 0 aliphatic rings. The van der Waals surface area contributed by atoms with Gasteiger partial charge in [0.05, 0.1) is 0 Å². The quantitative estimate of drug-likeness (QED) is 0.635. The zero-order valence-corrected chi connectivity index (χ0v) is 11.2. The van der Waals surface area contributed by atoms with Gasteiger partial charge in [-0.2, -0.15) is 0 Å². The molecule has 62 valence electrons. The molecule has 0 atom stereocenters. The van der Waals surface area contributed by atoms with Crippen molar-refractivity contribution < 1.29 is 0 Å². The second-order valence-electron chi connectivity index (χ2n) is 2.45. The largest absolute Gasteiger partial charge is 0.360 e. The number of fused-ring (bicyclic) bond motifs is 1. The summed E-state index contributed by atoms with van der Waals surface area (Å²) in [5, 5.41) is 1.26. The van der Waals surface area contributed by atoms with Crippen LogP contribution in [0.3, 0.4) is 0 Å². The Kier molecular flexibility index (Phi) is 2.49. The molecule has 0 aliphatic heterocycles. The summed E-state index contributed by atoms with van der Waals surface area (Å²) in [4.78, 5) is 3.20. The van der Waals surface area contributed by atoms with Crippen molar-refractivity contribution in [1.82, 2.24) is 4.98 Å². The van der Waals surface area contributed by atoms with Crippen LogP contribution >= 0.6 is 54.5 Å². The third kappa shape index (κ3) is 1.44. The first-order chi connectivity index (χ1) is 5.68. The number of aromatic nitrogens is 1. The molecule has 4 heteroatoms. The summed E-state index contributed by atoms with van der Waals surface area (Å²) in [6.07, 6.45) is 2.00. The van der Waals surface area contributed by atoms with Gasteiger partial charge in [0.1, 0.15) is 0 Å².